The van der Waals surface area contributed by atoms with E-state index >= 15 is 0 Å². The number of thioether (sulfide) groups is 1. The lowest BCUT2D eigenvalue weighted by Crippen LogP contribution is -2.51. The van der Waals surface area contributed by atoms with Gasteiger partial charge in [-0.1, -0.05) is 13.3 Å². The molecule has 2 aliphatic rings. The summed E-state index contributed by atoms with van der Waals surface area (Å²) in [5.41, 5.74) is 0.00830. The summed E-state index contributed by atoms with van der Waals surface area (Å²) in [7, 11) is 0. The van der Waals surface area contributed by atoms with Crippen molar-refractivity contribution in [2.24, 2.45) is 5.92 Å². The predicted octanol–water partition coefficient (Wildman–Crippen LogP) is 2.82. The average Bonchev–Trinajstić information content (AvgIpc) is 3.04. The van der Waals surface area contributed by atoms with Crippen molar-refractivity contribution >= 4 is 11.8 Å². The van der Waals surface area contributed by atoms with Crippen LogP contribution in [0.1, 0.15) is 52.4 Å². The van der Waals surface area contributed by atoms with E-state index in [4.69, 9.17) is 4.74 Å². The van der Waals surface area contributed by atoms with Gasteiger partial charge < -0.3 is 15.2 Å². The van der Waals surface area contributed by atoms with Crippen LogP contribution in [0.4, 0.5) is 0 Å². The van der Waals surface area contributed by atoms with Gasteiger partial charge in [0.05, 0.1) is 12.7 Å². The first-order valence-electron chi connectivity index (χ1n) is 8.31. The molecular formula is C16H31NO2S. The molecule has 1 aliphatic heterocycles. The number of rotatable bonds is 8. The lowest BCUT2D eigenvalue weighted by molar-refractivity contribution is 0.122. The largest absolute Gasteiger partial charge is 0.394 e. The van der Waals surface area contributed by atoms with Crippen molar-refractivity contribution in [1.29, 1.82) is 0 Å². The lowest BCUT2D eigenvalue weighted by atomic mass is 9.85. The minimum absolute atomic E-state index is 0.00830. The summed E-state index contributed by atoms with van der Waals surface area (Å²) >= 11 is 2.08. The van der Waals surface area contributed by atoms with Crippen LogP contribution < -0.4 is 5.32 Å². The molecule has 2 fully saturated rings. The normalized spacial score (nSPS) is 37.6. The highest BCUT2D eigenvalue weighted by Crippen LogP contribution is 2.39. The van der Waals surface area contributed by atoms with Crippen LogP contribution >= 0.6 is 11.8 Å². The van der Waals surface area contributed by atoms with Crippen molar-refractivity contribution in [3.05, 3.63) is 0 Å². The van der Waals surface area contributed by atoms with Crippen LogP contribution in [0.5, 0.6) is 0 Å². The van der Waals surface area contributed by atoms with E-state index in [0.717, 1.165) is 26.0 Å². The Hall–Kier alpha value is 0.230. The molecule has 0 aromatic heterocycles. The number of hydrogen-bond acceptors (Lipinski definition) is 4. The van der Waals surface area contributed by atoms with E-state index in [0.29, 0.717) is 23.9 Å². The maximum Gasteiger partial charge on any atom is 0.0666 e. The van der Waals surface area contributed by atoms with E-state index in [1.54, 1.807) is 0 Å². The Balaban J connectivity index is 1.78. The Labute approximate surface area is 128 Å². The molecule has 0 bridgehead atoms. The lowest BCUT2D eigenvalue weighted by Gasteiger charge is -2.35. The Morgan fingerprint density at radius 2 is 2.25 bits per heavy atom. The van der Waals surface area contributed by atoms with Crippen LogP contribution in [-0.2, 0) is 4.74 Å². The molecule has 4 atom stereocenters. The second-order valence-electron chi connectivity index (χ2n) is 6.39. The fraction of sp³-hybridized carbons (Fsp3) is 1.00. The molecule has 0 spiro atoms. The molecule has 3 nitrogen and oxygen atoms in total. The van der Waals surface area contributed by atoms with Crippen molar-refractivity contribution in [3.8, 4) is 0 Å². The smallest absolute Gasteiger partial charge is 0.0666 e. The number of aliphatic hydroxyl groups excluding tert-OH is 1. The second kappa shape index (κ2) is 8.02. The Bertz CT molecular complexity index is 290. The molecule has 1 saturated carbocycles. The van der Waals surface area contributed by atoms with Gasteiger partial charge in [-0.25, -0.2) is 0 Å². The summed E-state index contributed by atoms with van der Waals surface area (Å²) in [4.78, 5) is 0. The summed E-state index contributed by atoms with van der Waals surface area (Å²) in [6.45, 7) is 6.64. The summed E-state index contributed by atoms with van der Waals surface area (Å²) in [6, 6.07) is 0. The molecule has 0 aromatic rings. The van der Waals surface area contributed by atoms with Gasteiger partial charge in [0.25, 0.3) is 0 Å². The summed E-state index contributed by atoms with van der Waals surface area (Å²) in [5, 5.41) is 14.2. The molecule has 0 aromatic carbocycles. The quantitative estimate of drug-likeness (QED) is 0.723. The van der Waals surface area contributed by atoms with Gasteiger partial charge in [0, 0.05) is 17.4 Å². The molecule has 2 rings (SSSR count). The maximum atomic E-state index is 9.88. The number of nitrogens with one attached hydrogen (secondary N) is 1. The minimum Gasteiger partial charge on any atom is -0.394 e. The first-order chi connectivity index (χ1) is 9.72. The zero-order valence-electron chi connectivity index (χ0n) is 13.1. The summed E-state index contributed by atoms with van der Waals surface area (Å²) in [6.07, 6.45) is 7.66. The third kappa shape index (κ3) is 3.90. The topological polar surface area (TPSA) is 41.5 Å². The van der Waals surface area contributed by atoms with E-state index < -0.39 is 0 Å². The third-order valence-corrected chi connectivity index (χ3v) is 6.59. The van der Waals surface area contributed by atoms with E-state index in [1.807, 2.05) is 0 Å². The fourth-order valence-electron chi connectivity index (χ4n) is 3.73. The highest BCUT2D eigenvalue weighted by molar-refractivity contribution is 7.99. The predicted molar refractivity (Wildman–Crippen MR) is 86.3 cm³/mol. The molecule has 4 heteroatoms. The Kier molecular flexibility index (Phi) is 6.66. The third-order valence-electron chi connectivity index (χ3n) is 5.07. The molecule has 0 radical (unpaired) electrons. The maximum absolute atomic E-state index is 9.88. The van der Waals surface area contributed by atoms with Gasteiger partial charge in [-0.3, -0.25) is 0 Å². The molecule has 0 amide bonds. The average molecular weight is 301 g/mol. The van der Waals surface area contributed by atoms with E-state index in [9.17, 15) is 5.11 Å². The van der Waals surface area contributed by atoms with Gasteiger partial charge in [-0.2, -0.15) is 11.8 Å². The van der Waals surface area contributed by atoms with E-state index in [2.05, 4.69) is 30.9 Å². The standard InChI is InChI=1S/C16H31NO2S/c1-3-9-17-16(12-18)8-4-5-14(16)7-11-20-15-6-10-19-13(15)2/h13-15,17-18H,3-12H2,1-2H3. The van der Waals surface area contributed by atoms with Crippen molar-refractivity contribution in [1.82, 2.24) is 5.32 Å². The number of hydrogen-bond donors (Lipinski definition) is 2. The van der Waals surface area contributed by atoms with Crippen molar-refractivity contribution in [2.75, 3.05) is 25.5 Å². The monoisotopic (exact) mass is 301 g/mol. The summed E-state index contributed by atoms with van der Waals surface area (Å²) in [5.74, 6) is 1.85. The van der Waals surface area contributed by atoms with Crippen molar-refractivity contribution < 1.29 is 9.84 Å². The van der Waals surface area contributed by atoms with Gasteiger partial charge in [0.1, 0.15) is 0 Å². The molecule has 2 N–H and O–H groups in total. The van der Waals surface area contributed by atoms with E-state index in [1.165, 1.54) is 31.4 Å². The molecule has 118 valence electrons. The van der Waals surface area contributed by atoms with Crippen LogP contribution in [0, 0.1) is 5.92 Å². The van der Waals surface area contributed by atoms with Crippen LogP contribution in [0.3, 0.4) is 0 Å². The van der Waals surface area contributed by atoms with Gasteiger partial charge in [-0.05, 0) is 57.2 Å². The highest BCUT2D eigenvalue weighted by Gasteiger charge is 2.41. The van der Waals surface area contributed by atoms with Crippen LogP contribution in [0.2, 0.25) is 0 Å². The molecule has 1 heterocycles. The van der Waals surface area contributed by atoms with Crippen molar-refractivity contribution in [2.45, 2.75) is 69.3 Å². The number of ether oxygens (including phenoxy) is 1. The van der Waals surface area contributed by atoms with Crippen LogP contribution in [-0.4, -0.2) is 47.5 Å². The van der Waals surface area contributed by atoms with Gasteiger partial charge >= 0.3 is 0 Å². The van der Waals surface area contributed by atoms with Gasteiger partial charge in [0.2, 0.25) is 0 Å². The van der Waals surface area contributed by atoms with Gasteiger partial charge in [-0.15, -0.1) is 0 Å². The van der Waals surface area contributed by atoms with Gasteiger partial charge in [0.15, 0.2) is 0 Å². The first-order valence-corrected chi connectivity index (χ1v) is 9.36. The van der Waals surface area contributed by atoms with Crippen molar-refractivity contribution in [3.63, 3.8) is 0 Å². The molecule has 1 saturated heterocycles. The summed E-state index contributed by atoms with van der Waals surface area (Å²) < 4.78 is 5.63. The first kappa shape index (κ1) is 16.6. The molecule has 4 unspecified atom stereocenters. The zero-order valence-corrected chi connectivity index (χ0v) is 13.9. The Morgan fingerprint density at radius 1 is 1.40 bits per heavy atom. The SMILES string of the molecule is CCCNC1(CO)CCCC1CCSC1CCOC1C. The minimum atomic E-state index is 0.00830. The highest BCUT2D eigenvalue weighted by atomic mass is 32.2. The van der Waals surface area contributed by atoms with Crippen LogP contribution in [0.15, 0.2) is 0 Å². The van der Waals surface area contributed by atoms with Crippen LogP contribution in [0.25, 0.3) is 0 Å². The second-order valence-corrected chi connectivity index (χ2v) is 7.74. The van der Waals surface area contributed by atoms with E-state index in [-0.39, 0.29) is 5.54 Å². The Morgan fingerprint density at radius 3 is 2.90 bits per heavy atom. The zero-order chi connectivity index (χ0) is 14.4. The fourth-order valence-corrected chi connectivity index (χ4v) is 5.06. The molecule has 20 heavy (non-hydrogen) atoms. The molecular weight excluding hydrogens is 270 g/mol. The number of aliphatic hydroxyl groups is 1. The molecule has 1 aliphatic carbocycles.